The van der Waals surface area contributed by atoms with Crippen molar-refractivity contribution in [3.05, 3.63) is 103 Å². The van der Waals surface area contributed by atoms with Crippen molar-refractivity contribution in [3.63, 3.8) is 0 Å². The van der Waals surface area contributed by atoms with Crippen LogP contribution >= 0.6 is 11.6 Å². The van der Waals surface area contributed by atoms with Gasteiger partial charge in [-0.05, 0) is 53.9 Å². The van der Waals surface area contributed by atoms with E-state index in [1.54, 1.807) is 6.92 Å². The summed E-state index contributed by atoms with van der Waals surface area (Å²) in [5.41, 5.74) is -0.673. The molecule has 0 aliphatic heterocycles. The molecule has 0 aliphatic rings. The van der Waals surface area contributed by atoms with Crippen LogP contribution in [0.2, 0.25) is 5.02 Å². The van der Waals surface area contributed by atoms with Gasteiger partial charge in [-0.2, -0.15) is 22.8 Å². The minimum Gasteiger partial charge on any atom is -0.449 e. The van der Waals surface area contributed by atoms with Crippen molar-refractivity contribution in [1.29, 1.82) is 5.26 Å². The smallest absolute Gasteiger partial charge is 0.387 e. The molecule has 43 heavy (non-hydrogen) atoms. The van der Waals surface area contributed by atoms with E-state index in [0.717, 1.165) is 10.9 Å². The van der Waals surface area contributed by atoms with Crippen LogP contribution in [-0.2, 0) is 18.9 Å². The summed E-state index contributed by atoms with van der Waals surface area (Å²) in [4.78, 5) is 33.2. The molecule has 0 bridgehead atoms. The summed E-state index contributed by atoms with van der Waals surface area (Å²) in [6.07, 6.45) is 1.33. The fourth-order valence-electron chi connectivity index (χ4n) is 4.27. The lowest BCUT2D eigenvalue weighted by Gasteiger charge is -2.23. The lowest BCUT2D eigenvalue weighted by atomic mass is 10.0. The molecule has 4 aromatic rings. The van der Waals surface area contributed by atoms with Crippen molar-refractivity contribution in [2.75, 3.05) is 0 Å². The molecule has 0 amide bonds. The second kappa shape index (κ2) is 12.7. The van der Waals surface area contributed by atoms with Crippen molar-refractivity contribution >= 4 is 11.6 Å². The first-order valence-electron chi connectivity index (χ1n) is 13.0. The summed E-state index contributed by atoms with van der Waals surface area (Å²) in [7, 11) is 0. The fourth-order valence-corrected chi connectivity index (χ4v) is 4.50. The van der Waals surface area contributed by atoms with Crippen LogP contribution in [0.15, 0.2) is 64.4 Å². The molecule has 0 aliphatic carbocycles. The third-order valence-electron chi connectivity index (χ3n) is 6.56. The van der Waals surface area contributed by atoms with Gasteiger partial charge < -0.3 is 14.5 Å². The number of alkyl halides is 4. The van der Waals surface area contributed by atoms with Gasteiger partial charge in [0.25, 0.3) is 17.0 Å². The molecule has 0 fully saturated rings. The van der Waals surface area contributed by atoms with Crippen LogP contribution in [0.5, 0.6) is 17.2 Å². The van der Waals surface area contributed by atoms with Crippen LogP contribution in [0, 0.1) is 17.2 Å². The van der Waals surface area contributed by atoms with Crippen LogP contribution in [0.4, 0.5) is 17.6 Å². The molecule has 13 heteroatoms. The first-order valence-corrected chi connectivity index (χ1v) is 13.4. The number of halogens is 5. The van der Waals surface area contributed by atoms with E-state index in [4.69, 9.17) is 16.3 Å². The SMILES string of the molecule is CCc1[nH]c(=O)c(-c2ccc(OC(F)F)cc2)cc1Cn1cnc(C(F)(F)C(C)C)c(Oc2cc(Cl)cc(C#N)c2)c1=O. The number of nitrogens with zero attached hydrogens (tertiary/aromatic N) is 3. The molecule has 0 unspecified atom stereocenters. The maximum absolute atomic E-state index is 15.2. The standard InChI is InChI=1S/C30H25ClF4N4O4/c1-4-24-19(11-23(27(40)38-24)18-5-7-21(8-6-18)43-29(32)33)14-39-15-37-26(30(34,35)16(2)3)25(28(39)41)42-22-10-17(13-36)9-20(31)12-22/h5-12,15-16,29H,4,14H2,1-3H3,(H,38,40). The average Bonchev–Trinajstić information content (AvgIpc) is 2.95. The number of H-pyrrole nitrogens is 1. The highest BCUT2D eigenvalue weighted by Gasteiger charge is 2.42. The summed E-state index contributed by atoms with van der Waals surface area (Å²) in [5, 5.41) is 9.36. The Balaban J connectivity index is 1.81. The van der Waals surface area contributed by atoms with Gasteiger partial charge in [-0.1, -0.05) is 44.5 Å². The maximum atomic E-state index is 15.2. The summed E-state index contributed by atoms with van der Waals surface area (Å²) in [5.74, 6) is -5.74. The Labute approximate surface area is 248 Å². The van der Waals surface area contributed by atoms with E-state index in [2.05, 4.69) is 14.7 Å². The number of hydrogen-bond donors (Lipinski definition) is 1. The van der Waals surface area contributed by atoms with Crippen LogP contribution < -0.4 is 20.6 Å². The highest BCUT2D eigenvalue weighted by Crippen LogP contribution is 2.39. The monoisotopic (exact) mass is 616 g/mol. The summed E-state index contributed by atoms with van der Waals surface area (Å²) < 4.78 is 66.6. The van der Waals surface area contributed by atoms with Gasteiger partial charge in [0.15, 0.2) is 5.69 Å². The molecule has 0 radical (unpaired) electrons. The highest BCUT2D eigenvalue weighted by molar-refractivity contribution is 6.30. The Morgan fingerprint density at radius 1 is 1.09 bits per heavy atom. The molecule has 224 valence electrons. The quantitative estimate of drug-likeness (QED) is 0.195. The van der Waals surface area contributed by atoms with E-state index in [0.29, 0.717) is 23.2 Å². The molecule has 0 atom stereocenters. The van der Waals surface area contributed by atoms with Gasteiger partial charge in [0.2, 0.25) is 5.75 Å². The first kappa shape index (κ1) is 31.3. The van der Waals surface area contributed by atoms with Crippen molar-refractivity contribution in [3.8, 4) is 34.4 Å². The molecule has 8 nitrogen and oxygen atoms in total. The van der Waals surface area contributed by atoms with E-state index in [-0.39, 0.29) is 34.2 Å². The number of pyridine rings is 1. The number of rotatable bonds is 10. The largest absolute Gasteiger partial charge is 0.449 e. The average molecular weight is 617 g/mol. The number of nitrogens with one attached hydrogen (secondary N) is 1. The molecule has 2 heterocycles. The van der Waals surface area contributed by atoms with Crippen molar-refractivity contribution in [2.45, 2.75) is 46.3 Å². The number of aromatic amines is 1. The topological polar surface area (TPSA) is 110 Å². The zero-order valence-electron chi connectivity index (χ0n) is 23.1. The summed E-state index contributed by atoms with van der Waals surface area (Å²) in [6, 6.07) is 12.7. The number of aryl methyl sites for hydroxylation is 1. The van der Waals surface area contributed by atoms with Gasteiger partial charge in [0.1, 0.15) is 11.5 Å². The highest BCUT2D eigenvalue weighted by atomic mass is 35.5. The fraction of sp³-hybridized carbons (Fsp3) is 0.267. The predicted molar refractivity (Wildman–Crippen MR) is 151 cm³/mol. The Morgan fingerprint density at radius 2 is 1.79 bits per heavy atom. The van der Waals surface area contributed by atoms with Gasteiger partial charge in [-0.3, -0.25) is 14.2 Å². The number of ether oxygens (including phenoxy) is 2. The normalized spacial score (nSPS) is 11.6. The molecule has 0 saturated heterocycles. The molecular weight excluding hydrogens is 592 g/mol. The zero-order chi connectivity index (χ0) is 31.5. The second-order valence-corrected chi connectivity index (χ2v) is 10.2. The Bertz CT molecular complexity index is 1800. The number of benzene rings is 2. The maximum Gasteiger partial charge on any atom is 0.387 e. The van der Waals surface area contributed by atoms with Gasteiger partial charge in [0, 0.05) is 22.2 Å². The van der Waals surface area contributed by atoms with E-state index in [1.807, 2.05) is 6.07 Å². The molecule has 0 spiro atoms. The number of hydrogen-bond acceptors (Lipinski definition) is 6. The van der Waals surface area contributed by atoms with Crippen LogP contribution in [0.3, 0.4) is 0 Å². The molecular formula is C30H25ClF4N4O4. The van der Waals surface area contributed by atoms with E-state index >= 15 is 8.78 Å². The third-order valence-corrected chi connectivity index (χ3v) is 6.78. The van der Waals surface area contributed by atoms with Crippen molar-refractivity contribution in [2.24, 2.45) is 5.92 Å². The minimum atomic E-state index is -3.55. The van der Waals surface area contributed by atoms with E-state index in [9.17, 15) is 23.6 Å². The lowest BCUT2D eigenvalue weighted by Crippen LogP contribution is -2.31. The minimum absolute atomic E-state index is 0.0889. The predicted octanol–water partition coefficient (Wildman–Crippen LogP) is 6.88. The number of nitriles is 1. The van der Waals surface area contributed by atoms with Crippen molar-refractivity contribution in [1.82, 2.24) is 14.5 Å². The zero-order valence-corrected chi connectivity index (χ0v) is 23.9. The van der Waals surface area contributed by atoms with Gasteiger partial charge >= 0.3 is 6.61 Å². The molecule has 0 saturated carbocycles. The van der Waals surface area contributed by atoms with Crippen LogP contribution in [0.25, 0.3) is 11.1 Å². The molecule has 2 aromatic carbocycles. The molecule has 2 aromatic heterocycles. The Kier molecular flexibility index (Phi) is 9.25. The third kappa shape index (κ3) is 6.89. The van der Waals surface area contributed by atoms with Crippen LogP contribution in [0.1, 0.15) is 43.3 Å². The summed E-state index contributed by atoms with van der Waals surface area (Å²) in [6.45, 7) is 1.12. The van der Waals surface area contributed by atoms with Gasteiger partial charge in [-0.15, -0.1) is 0 Å². The molecule has 1 N–H and O–H groups in total. The summed E-state index contributed by atoms with van der Waals surface area (Å²) >= 11 is 6.05. The first-order chi connectivity index (χ1) is 20.3. The van der Waals surface area contributed by atoms with Gasteiger partial charge in [-0.25, -0.2) is 4.98 Å². The van der Waals surface area contributed by atoms with E-state index in [1.165, 1.54) is 62.4 Å². The molecule has 4 rings (SSSR count). The second-order valence-electron chi connectivity index (χ2n) is 9.79. The van der Waals surface area contributed by atoms with Crippen LogP contribution in [-0.4, -0.2) is 21.1 Å². The Morgan fingerprint density at radius 3 is 2.40 bits per heavy atom. The van der Waals surface area contributed by atoms with E-state index < -0.39 is 41.0 Å². The Hall–Kier alpha value is -4.63. The van der Waals surface area contributed by atoms with Gasteiger partial charge in [0.05, 0.1) is 24.5 Å². The number of aromatic nitrogens is 3. The van der Waals surface area contributed by atoms with Crippen molar-refractivity contribution < 1.29 is 27.0 Å². The lowest BCUT2D eigenvalue weighted by molar-refractivity contribution is -0.0574.